The summed E-state index contributed by atoms with van der Waals surface area (Å²) in [5.41, 5.74) is 1.09. The lowest BCUT2D eigenvalue weighted by Crippen LogP contribution is -2.32. The van der Waals surface area contributed by atoms with E-state index in [4.69, 9.17) is 9.47 Å². The lowest BCUT2D eigenvalue weighted by atomic mass is 10.0. The summed E-state index contributed by atoms with van der Waals surface area (Å²) in [7, 11) is 0. The number of carbonyl (C=O) groups excluding carboxylic acids is 2. The molecule has 0 N–H and O–H groups in total. The van der Waals surface area contributed by atoms with Crippen LogP contribution in [0.25, 0.3) is 16.8 Å². The molecule has 1 heterocycles. The predicted molar refractivity (Wildman–Crippen MR) is 139 cm³/mol. The number of fused-ring (bicyclic) bond motifs is 1. The number of hydrogen-bond acceptors (Lipinski definition) is 5. The van der Waals surface area contributed by atoms with Crippen LogP contribution < -0.4 is 9.47 Å². The predicted octanol–water partition coefficient (Wildman–Crippen LogP) is 6.67. The molecule has 4 aromatic rings. The highest BCUT2D eigenvalue weighted by molar-refractivity contribution is 8.18. The molecule has 0 aromatic heterocycles. The van der Waals surface area contributed by atoms with Gasteiger partial charge in [0, 0.05) is 11.1 Å². The van der Waals surface area contributed by atoms with Crippen molar-refractivity contribution in [3.8, 4) is 11.5 Å². The van der Waals surface area contributed by atoms with Crippen molar-refractivity contribution in [3.63, 3.8) is 0 Å². The molecule has 0 saturated carbocycles. The van der Waals surface area contributed by atoms with Crippen LogP contribution in [-0.4, -0.2) is 29.2 Å². The van der Waals surface area contributed by atoms with E-state index < -0.39 is 0 Å². The van der Waals surface area contributed by atoms with Crippen molar-refractivity contribution in [2.45, 2.75) is 6.61 Å². The van der Waals surface area contributed by atoms with E-state index in [0.717, 1.165) is 22.5 Å². The molecule has 0 radical (unpaired) electrons. The van der Waals surface area contributed by atoms with Crippen LogP contribution in [0.5, 0.6) is 11.5 Å². The Bertz CT molecular complexity index is 1450. The average Bonchev–Trinajstić information content (AvgIpc) is 3.17. The Balaban J connectivity index is 1.39. The van der Waals surface area contributed by atoms with Gasteiger partial charge in [-0.2, -0.15) is 0 Å². The monoisotopic (exact) mass is 499 g/mol. The van der Waals surface area contributed by atoms with Crippen molar-refractivity contribution in [2.24, 2.45) is 0 Å². The van der Waals surface area contributed by atoms with Gasteiger partial charge in [-0.15, -0.1) is 0 Å². The van der Waals surface area contributed by atoms with Gasteiger partial charge in [-0.1, -0.05) is 66.7 Å². The molecular formula is C29H22FNO4S. The van der Waals surface area contributed by atoms with Crippen LogP contribution in [0.2, 0.25) is 0 Å². The highest BCUT2D eigenvalue weighted by Gasteiger charge is 2.35. The maximum absolute atomic E-state index is 14.1. The van der Waals surface area contributed by atoms with Gasteiger partial charge < -0.3 is 9.47 Å². The Morgan fingerprint density at radius 2 is 1.58 bits per heavy atom. The van der Waals surface area contributed by atoms with E-state index in [-0.39, 0.29) is 36.7 Å². The first-order valence-corrected chi connectivity index (χ1v) is 12.2. The molecule has 1 aliphatic rings. The number of imide groups is 1. The van der Waals surface area contributed by atoms with Gasteiger partial charge in [0.1, 0.15) is 30.5 Å². The fourth-order valence-corrected chi connectivity index (χ4v) is 4.76. The Kier molecular flexibility index (Phi) is 7.00. The Labute approximate surface area is 212 Å². The second-order valence-electron chi connectivity index (χ2n) is 8.07. The van der Waals surface area contributed by atoms with E-state index in [1.165, 1.54) is 11.0 Å². The number of amides is 2. The van der Waals surface area contributed by atoms with Crippen LogP contribution >= 0.6 is 11.8 Å². The molecule has 36 heavy (non-hydrogen) atoms. The lowest BCUT2D eigenvalue weighted by molar-refractivity contribution is -0.123. The molecule has 1 fully saturated rings. The van der Waals surface area contributed by atoms with E-state index in [2.05, 4.69) is 0 Å². The largest absolute Gasteiger partial charge is 0.492 e. The normalized spacial score (nSPS) is 14.6. The smallest absolute Gasteiger partial charge is 0.293 e. The van der Waals surface area contributed by atoms with Gasteiger partial charge in [-0.05, 0) is 52.9 Å². The first-order chi connectivity index (χ1) is 17.6. The molecule has 1 saturated heterocycles. The Morgan fingerprint density at radius 3 is 2.42 bits per heavy atom. The van der Waals surface area contributed by atoms with Crippen LogP contribution in [-0.2, 0) is 11.4 Å². The third-order valence-electron chi connectivity index (χ3n) is 5.75. The Morgan fingerprint density at radius 1 is 0.833 bits per heavy atom. The van der Waals surface area contributed by atoms with Crippen molar-refractivity contribution >= 4 is 39.8 Å². The van der Waals surface area contributed by atoms with Gasteiger partial charge in [-0.3, -0.25) is 14.5 Å². The number of rotatable bonds is 8. The number of thioether (sulfide) groups is 1. The maximum atomic E-state index is 14.1. The van der Waals surface area contributed by atoms with Gasteiger partial charge in [0.15, 0.2) is 0 Å². The van der Waals surface area contributed by atoms with Crippen LogP contribution in [0.4, 0.5) is 9.18 Å². The third-order valence-corrected chi connectivity index (χ3v) is 6.65. The summed E-state index contributed by atoms with van der Waals surface area (Å²) in [5.74, 6) is 0.442. The van der Waals surface area contributed by atoms with E-state index in [1.807, 2.05) is 60.7 Å². The van der Waals surface area contributed by atoms with Crippen molar-refractivity contribution < 1.29 is 23.5 Å². The second-order valence-corrected chi connectivity index (χ2v) is 9.07. The molecule has 0 unspecified atom stereocenters. The fraction of sp³-hybridized carbons (Fsp3) is 0.103. The number of benzene rings is 4. The van der Waals surface area contributed by atoms with Gasteiger partial charge in [-0.25, -0.2) is 4.39 Å². The van der Waals surface area contributed by atoms with Crippen molar-refractivity contribution in [2.75, 3.05) is 13.2 Å². The number of hydrogen-bond donors (Lipinski definition) is 0. The van der Waals surface area contributed by atoms with Crippen LogP contribution in [0, 0.1) is 5.82 Å². The molecule has 1 aliphatic heterocycles. The number of nitrogens with zero attached hydrogens (tertiary/aromatic N) is 1. The van der Waals surface area contributed by atoms with Gasteiger partial charge in [0.25, 0.3) is 11.1 Å². The minimum absolute atomic E-state index is 0.0319. The van der Waals surface area contributed by atoms with Gasteiger partial charge in [0.05, 0.1) is 11.4 Å². The van der Waals surface area contributed by atoms with E-state index in [9.17, 15) is 14.0 Å². The lowest BCUT2D eigenvalue weighted by Gasteiger charge is -2.14. The van der Waals surface area contributed by atoms with Gasteiger partial charge >= 0.3 is 0 Å². The SMILES string of the molecule is O=C1S/C(=C\c2c(OCc3ccccc3F)ccc3ccccc23)C(=O)N1CCOc1ccccc1. The zero-order chi connectivity index (χ0) is 24.9. The second kappa shape index (κ2) is 10.7. The van der Waals surface area contributed by atoms with Gasteiger partial charge in [0.2, 0.25) is 0 Å². The van der Waals surface area contributed by atoms with Crippen molar-refractivity contribution in [3.05, 3.63) is 113 Å². The molecular weight excluding hydrogens is 477 g/mol. The van der Waals surface area contributed by atoms with Crippen LogP contribution in [0.15, 0.2) is 95.9 Å². The molecule has 4 aromatic carbocycles. The minimum Gasteiger partial charge on any atom is -0.492 e. The first kappa shape index (κ1) is 23.6. The molecule has 0 atom stereocenters. The van der Waals surface area contributed by atoms with Crippen molar-refractivity contribution in [1.82, 2.24) is 4.90 Å². The van der Waals surface area contributed by atoms with Crippen LogP contribution in [0.3, 0.4) is 0 Å². The number of halogens is 1. The summed E-state index contributed by atoms with van der Waals surface area (Å²) in [4.78, 5) is 27.2. The van der Waals surface area contributed by atoms with E-state index >= 15 is 0 Å². The zero-order valence-electron chi connectivity index (χ0n) is 19.2. The van der Waals surface area contributed by atoms with Crippen LogP contribution in [0.1, 0.15) is 11.1 Å². The molecule has 0 bridgehead atoms. The summed E-state index contributed by atoms with van der Waals surface area (Å²) in [6.45, 7) is 0.369. The van der Waals surface area contributed by atoms with E-state index in [0.29, 0.717) is 27.5 Å². The molecule has 0 aliphatic carbocycles. The minimum atomic E-state index is -0.380. The first-order valence-electron chi connectivity index (χ1n) is 11.4. The topological polar surface area (TPSA) is 55.8 Å². The van der Waals surface area contributed by atoms with Crippen molar-refractivity contribution in [1.29, 1.82) is 0 Å². The summed E-state index contributed by atoms with van der Waals surface area (Å²) in [5, 5.41) is 1.47. The number of carbonyl (C=O) groups is 2. The Hall–Kier alpha value is -4.10. The average molecular weight is 500 g/mol. The molecule has 2 amide bonds. The summed E-state index contributed by atoms with van der Waals surface area (Å²) in [6.07, 6.45) is 1.68. The maximum Gasteiger partial charge on any atom is 0.293 e. The number of ether oxygens (including phenoxy) is 2. The summed E-state index contributed by atoms with van der Waals surface area (Å²) in [6, 6.07) is 27.1. The number of para-hydroxylation sites is 1. The molecule has 5 nitrogen and oxygen atoms in total. The zero-order valence-corrected chi connectivity index (χ0v) is 20.0. The highest BCUT2D eigenvalue weighted by Crippen LogP contribution is 2.37. The summed E-state index contributed by atoms with van der Waals surface area (Å²) < 4.78 is 25.8. The molecule has 7 heteroatoms. The molecule has 180 valence electrons. The third kappa shape index (κ3) is 5.11. The quantitative estimate of drug-likeness (QED) is 0.253. The summed E-state index contributed by atoms with van der Waals surface area (Å²) >= 11 is 0.884. The molecule has 5 rings (SSSR count). The highest BCUT2D eigenvalue weighted by atomic mass is 32.2. The molecule has 0 spiro atoms. The standard InChI is InChI=1S/C29H22FNO4S/c30-25-13-7-5-9-21(25)19-35-26-15-14-20-8-4-6-12-23(20)24(26)18-27-28(32)31(29(33)36-27)16-17-34-22-10-2-1-3-11-22/h1-15,18H,16-17,19H2/b27-18-. The fourth-order valence-electron chi connectivity index (χ4n) is 3.92. The van der Waals surface area contributed by atoms with E-state index in [1.54, 1.807) is 30.3 Å².